The first-order valence-corrected chi connectivity index (χ1v) is 8.95. The van der Waals surface area contributed by atoms with Crippen LogP contribution in [0.5, 0.6) is 0 Å². The van der Waals surface area contributed by atoms with Gasteiger partial charge in [0, 0.05) is 17.6 Å². The SMILES string of the molecule is NC1=NC(c2cccc(Br)c2)(C2CCCC2)C2=NCCCN12. The summed E-state index contributed by atoms with van der Waals surface area (Å²) in [4.78, 5) is 12.0. The lowest BCUT2D eigenvalue weighted by Crippen LogP contribution is -2.48. The van der Waals surface area contributed by atoms with E-state index in [1.165, 1.54) is 31.2 Å². The van der Waals surface area contributed by atoms with Crippen molar-refractivity contribution >= 4 is 27.7 Å². The summed E-state index contributed by atoms with van der Waals surface area (Å²) in [7, 11) is 0. The molecule has 116 valence electrons. The molecule has 2 heterocycles. The lowest BCUT2D eigenvalue weighted by molar-refractivity contribution is 0.363. The van der Waals surface area contributed by atoms with Gasteiger partial charge in [0.25, 0.3) is 0 Å². The number of hydrogen-bond acceptors (Lipinski definition) is 4. The summed E-state index contributed by atoms with van der Waals surface area (Å²) >= 11 is 3.61. The molecule has 4 rings (SSSR count). The highest BCUT2D eigenvalue weighted by Crippen LogP contribution is 2.48. The molecule has 2 N–H and O–H groups in total. The summed E-state index contributed by atoms with van der Waals surface area (Å²) in [6.45, 7) is 1.83. The number of rotatable bonds is 2. The molecule has 0 saturated heterocycles. The molecule has 0 radical (unpaired) electrons. The standard InChI is InChI=1S/C17H21BrN4/c18-14-8-3-7-13(11-14)17(12-5-1-2-6-12)15-20-9-4-10-22(15)16(19)21-17/h3,7-8,11-12H,1-2,4-6,9-10H2,(H2,19,21). The number of benzene rings is 1. The van der Waals surface area contributed by atoms with Crippen LogP contribution >= 0.6 is 15.9 Å². The topological polar surface area (TPSA) is 54.0 Å². The van der Waals surface area contributed by atoms with Crippen LogP contribution in [0.25, 0.3) is 0 Å². The monoisotopic (exact) mass is 360 g/mol. The van der Waals surface area contributed by atoms with E-state index in [-0.39, 0.29) is 5.54 Å². The second kappa shape index (κ2) is 5.37. The maximum absolute atomic E-state index is 6.29. The number of amidine groups is 1. The molecule has 1 aromatic rings. The van der Waals surface area contributed by atoms with E-state index in [4.69, 9.17) is 15.7 Å². The summed E-state index contributed by atoms with van der Waals surface area (Å²) in [5.41, 5.74) is 7.14. The van der Waals surface area contributed by atoms with Crippen LogP contribution in [0.1, 0.15) is 37.7 Å². The zero-order valence-corrected chi connectivity index (χ0v) is 14.2. The van der Waals surface area contributed by atoms with E-state index in [0.717, 1.165) is 29.8 Å². The van der Waals surface area contributed by atoms with Gasteiger partial charge in [-0.3, -0.25) is 9.89 Å². The van der Waals surface area contributed by atoms with Crippen molar-refractivity contribution in [2.24, 2.45) is 21.6 Å². The molecule has 0 amide bonds. The molecule has 0 aromatic heterocycles. The Morgan fingerprint density at radius 1 is 1.23 bits per heavy atom. The molecule has 1 unspecified atom stereocenters. The summed E-state index contributed by atoms with van der Waals surface area (Å²) in [6.07, 6.45) is 6.03. The average Bonchev–Trinajstić information content (AvgIpc) is 3.15. The van der Waals surface area contributed by atoms with Gasteiger partial charge in [0.2, 0.25) is 0 Å². The number of fused-ring (bicyclic) bond motifs is 1. The van der Waals surface area contributed by atoms with Crippen LogP contribution in [0, 0.1) is 5.92 Å². The van der Waals surface area contributed by atoms with Crippen LogP contribution in [-0.2, 0) is 5.54 Å². The number of guanidine groups is 1. The smallest absolute Gasteiger partial charge is 0.198 e. The van der Waals surface area contributed by atoms with Gasteiger partial charge in [-0.1, -0.05) is 40.9 Å². The Hall–Kier alpha value is -1.36. The fourth-order valence-corrected chi connectivity index (χ4v) is 4.62. The van der Waals surface area contributed by atoms with E-state index < -0.39 is 0 Å². The second-order valence-corrected chi connectivity index (χ2v) is 7.35. The van der Waals surface area contributed by atoms with Crippen LogP contribution in [0.3, 0.4) is 0 Å². The fraction of sp³-hybridized carbons (Fsp3) is 0.529. The van der Waals surface area contributed by atoms with Crippen molar-refractivity contribution in [3.63, 3.8) is 0 Å². The summed E-state index contributed by atoms with van der Waals surface area (Å²) < 4.78 is 1.09. The van der Waals surface area contributed by atoms with E-state index in [1.807, 2.05) is 0 Å². The van der Waals surface area contributed by atoms with Gasteiger partial charge in [-0.2, -0.15) is 0 Å². The number of nitrogens with zero attached hydrogens (tertiary/aromatic N) is 3. The van der Waals surface area contributed by atoms with Gasteiger partial charge in [0.15, 0.2) is 5.96 Å². The van der Waals surface area contributed by atoms with Crippen LogP contribution in [0.15, 0.2) is 38.7 Å². The van der Waals surface area contributed by atoms with Gasteiger partial charge < -0.3 is 5.73 Å². The number of halogens is 1. The van der Waals surface area contributed by atoms with Crippen LogP contribution in [0.2, 0.25) is 0 Å². The van der Waals surface area contributed by atoms with E-state index in [9.17, 15) is 0 Å². The van der Waals surface area contributed by atoms with E-state index in [1.54, 1.807) is 0 Å². The van der Waals surface area contributed by atoms with Crippen molar-refractivity contribution in [2.75, 3.05) is 13.1 Å². The summed E-state index contributed by atoms with van der Waals surface area (Å²) in [5, 5.41) is 0. The van der Waals surface area contributed by atoms with Crippen molar-refractivity contribution in [2.45, 2.75) is 37.6 Å². The first-order chi connectivity index (χ1) is 10.7. The molecule has 22 heavy (non-hydrogen) atoms. The highest BCUT2D eigenvalue weighted by Gasteiger charge is 2.53. The van der Waals surface area contributed by atoms with Gasteiger partial charge in [0.1, 0.15) is 11.4 Å². The van der Waals surface area contributed by atoms with Gasteiger partial charge >= 0.3 is 0 Å². The molecular formula is C17H21BrN4. The van der Waals surface area contributed by atoms with Crippen LogP contribution < -0.4 is 5.73 Å². The molecule has 1 aliphatic carbocycles. The Morgan fingerprint density at radius 3 is 2.82 bits per heavy atom. The van der Waals surface area contributed by atoms with Gasteiger partial charge in [-0.05, 0) is 42.9 Å². The summed E-state index contributed by atoms with van der Waals surface area (Å²) in [6, 6.07) is 8.53. The molecule has 3 aliphatic rings. The van der Waals surface area contributed by atoms with Crippen LogP contribution in [0.4, 0.5) is 0 Å². The lowest BCUT2D eigenvalue weighted by Gasteiger charge is -2.36. The predicted molar refractivity (Wildman–Crippen MR) is 93.0 cm³/mol. The fourth-order valence-electron chi connectivity index (χ4n) is 4.22. The largest absolute Gasteiger partial charge is 0.369 e. The Kier molecular flexibility index (Phi) is 3.48. The molecule has 1 aromatic carbocycles. The lowest BCUT2D eigenvalue weighted by atomic mass is 9.76. The zero-order chi connectivity index (χ0) is 15.2. The molecule has 0 bridgehead atoms. The maximum Gasteiger partial charge on any atom is 0.198 e. The average molecular weight is 361 g/mol. The number of nitrogens with two attached hydrogens (primary N) is 1. The van der Waals surface area contributed by atoms with Gasteiger partial charge in [0.05, 0.1) is 0 Å². The van der Waals surface area contributed by atoms with Crippen molar-refractivity contribution < 1.29 is 0 Å². The molecule has 1 atom stereocenters. The Morgan fingerprint density at radius 2 is 2.05 bits per heavy atom. The minimum absolute atomic E-state index is 0.370. The molecule has 5 heteroatoms. The quantitative estimate of drug-likeness (QED) is 0.879. The van der Waals surface area contributed by atoms with Gasteiger partial charge in [-0.25, -0.2) is 4.99 Å². The number of aliphatic imine (C=N–C) groups is 2. The number of hydrogen-bond donors (Lipinski definition) is 1. The molecule has 2 aliphatic heterocycles. The third-order valence-electron chi connectivity index (χ3n) is 5.18. The van der Waals surface area contributed by atoms with Crippen molar-refractivity contribution in [3.8, 4) is 0 Å². The predicted octanol–water partition coefficient (Wildman–Crippen LogP) is 3.27. The normalized spacial score (nSPS) is 28.5. The van der Waals surface area contributed by atoms with Crippen LogP contribution in [-0.4, -0.2) is 29.8 Å². The van der Waals surface area contributed by atoms with E-state index in [0.29, 0.717) is 11.9 Å². The molecular weight excluding hydrogens is 340 g/mol. The first-order valence-electron chi connectivity index (χ1n) is 8.15. The Bertz CT molecular complexity index is 648. The molecule has 1 fully saturated rings. The van der Waals surface area contributed by atoms with Gasteiger partial charge in [-0.15, -0.1) is 0 Å². The Labute approximate surface area is 139 Å². The minimum atomic E-state index is -0.370. The minimum Gasteiger partial charge on any atom is -0.369 e. The first kappa shape index (κ1) is 14.2. The second-order valence-electron chi connectivity index (χ2n) is 6.44. The van der Waals surface area contributed by atoms with Crippen molar-refractivity contribution in [3.05, 3.63) is 34.3 Å². The highest BCUT2D eigenvalue weighted by molar-refractivity contribution is 9.10. The maximum atomic E-state index is 6.29. The third kappa shape index (κ3) is 2.02. The zero-order valence-electron chi connectivity index (χ0n) is 12.6. The highest BCUT2D eigenvalue weighted by atomic mass is 79.9. The third-order valence-corrected chi connectivity index (χ3v) is 5.67. The summed E-state index contributed by atoms with van der Waals surface area (Å²) in [5.74, 6) is 2.23. The molecule has 1 saturated carbocycles. The van der Waals surface area contributed by atoms with E-state index >= 15 is 0 Å². The van der Waals surface area contributed by atoms with Crippen molar-refractivity contribution in [1.29, 1.82) is 0 Å². The molecule has 0 spiro atoms. The Balaban J connectivity index is 1.91. The van der Waals surface area contributed by atoms with E-state index in [2.05, 4.69) is 45.1 Å². The van der Waals surface area contributed by atoms with Crippen molar-refractivity contribution in [1.82, 2.24) is 4.90 Å². The molecule has 4 nitrogen and oxygen atoms in total.